The van der Waals surface area contributed by atoms with Crippen LogP contribution in [-0.4, -0.2) is 19.7 Å². The van der Waals surface area contributed by atoms with Gasteiger partial charge < -0.3 is 4.52 Å². The number of hydrogen-bond acceptors (Lipinski definition) is 6. The largest absolute Gasteiger partial charge is 0.338 e. The van der Waals surface area contributed by atoms with Crippen molar-refractivity contribution in [2.45, 2.75) is 30.8 Å². The van der Waals surface area contributed by atoms with E-state index in [1.54, 1.807) is 22.8 Å². The van der Waals surface area contributed by atoms with Gasteiger partial charge in [0, 0.05) is 12.1 Å². The second kappa shape index (κ2) is 7.93. The normalized spacial score (nSPS) is 11.2. The van der Waals surface area contributed by atoms with E-state index < -0.39 is 0 Å². The van der Waals surface area contributed by atoms with Gasteiger partial charge in [-0.15, -0.1) is 0 Å². The molecule has 2 heterocycles. The molecule has 4 rings (SSSR count). The quantitative estimate of drug-likeness (QED) is 0.358. The number of thioether (sulfide) groups is 1. The molecule has 0 fully saturated rings. The molecule has 0 N–H and O–H groups in total. The van der Waals surface area contributed by atoms with Crippen molar-refractivity contribution in [3.63, 3.8) is 0 Å². The van der Waals surface area contributed by atoms with Gasteiger partial charge in [-0.1, -0.05) is 36.0 Å². The van der Waals surface area contributed by atoms with Crippen LogP contribution in [0, 0.1) is 5.82 Å². The molecule has 2 aromatic heterocycles. The molecule has 0 bridgehead atoms. The Kier molecular flexibility index (Phi) is 5.21. The summed E-state index contributed by atoms with van der Waals surface area (Å²) in [5.41, 5.74) is 1.29. The molecule has 0 amide bonds. The molecule has 0 radical (unpaired) electrons. The maximum Gasteiger partial charge on any atom is 0.262 e. The minimum atomic E-state index is -0.320. The smallest absolute Gasteiger partial charge is 0.262 e. The molecule has 0 saturated heterocycles. The Morgan fingerprint density at radius 1 is 1.11 bits per heavy atom. The van der Waals surface area contributed by atoms with E-state index >= 15 is 0 Å². The minimum Gasteiger partial charge on any atom is -0.338 e. The van der Waals surface area contributed by atoms with Gasteiger partial charge in [0.05, 0.1) is 16.7 Å². The van der Waals surface area contributed by atoms with Crippen molar-refractivity contribution in [2.75, 3.05) is 0 Å². The van der Waals surface area contributed by atoms with Crippen molar-refractivity contribution in [1.29, 1.82) is 0 Å². The molecule has 0 unspecified atom stereocenters. The number of halogens is 1. The zero-order valence-corrected chi connectivity index (χ0v) is 15.9. The minimum absolute atomic E-state index is 0.0486. The van der Waals surface area contributed by atoms with E-state index in [9.17, 15) is 9.18 Å². The average Bonchev–Trinajstić information content (AvgIpc) is 3.18. The fourth-order valence-electron chi connectivity index (χ4n) is 2.83. The Bertz CT molecular complexity index is 1170. The summed E-state index contributed by atoms with van der Waals surface area (Å²) in [6.07, 6.45) is 0.822. The first-order valence-corrected chi connectivity index (χ1v) is 9.85. The van der Waals surface area contributed by atoms with Crippen LogP contribution in [0.15, 0.2) is 63.0 Å². The summed E-state index contributed by atoms with van der Waals surface area (Å²) in [5, 5.41) is 5.17. The predicted octanol–water partition coefficient (Wildman–Crippen LogP) is 4.29. The lowest BCUT2D eigenvalue weighted by Gasteiger charge is -2.11. The molecule has 0 aliphatic rings. The van der Waals surface area contributed by atoms with Crippen LogP contribution in [0.2, 0.25) is 0 Å². The molecule has 28 heavy (non-hydrogen) atoms. The predicted molar refractivity (Wildman–Crippen MR) is 106 cm³/mol. The van der Waals surface area contributed by atoms with Gasteiger partial charge in [-0.3, -0.25) is 9.36 Å². The highest BCUT2D eigenvalue weighted by atomic mass is 32.2. The molecule has 0 aliphatic carbocycles. The molecule has 4 aromatic rings. The van der Waals surface area contributed by atoms with Crippen LogP contribution < -0.4 is 5.56 Å². The van der Waals surface area contributed by atoms with Gasteiger partial charge in [0.15, 0.2) is 5.16 Å². The number of para-hydroxylation sites is 1. The van der Waals surface area contributed by atoms with Crippen LogP contribution in [-0.2, 0) is 12.3 Å². The highest BCUT2D eigenvalue weighted by Crippen LogP contribution is 2.23. The van der Waals surface area contributed by atoms with Gasteiger partial charge in [-0.2, -0.15) is 4.98 Å². The van der Waals surface area contributed by atoms with Gasteiger partial charge >= 0.3 is 0 Å². The van der Waals surface area contributed by atoms with Crippen LogP contribution in [0.3, 0.4) is 0 Å². The van der Waals surface area contributed by atoms with E-state index in [-0.39, 0.29) is 11.4 Å². The number of hydrogen-bond donors (Lipinski definition) is 0. The summed E-state index contributed by atoms with van der Waals surface area (Å²) in [6.45, 7) is 2.60. The monoisotopic (exact) mass is 396 g/mol. The second-order valence-electron chi connectivity index (χ2n) is 6.18. The number of benzene rings is 2. The second-order valence-corrected chi connectivity index (χ2v) is 7.12. The summed E-state index contributed by atoms with van der Waals surface area (Å²) in [5.74, 6) is 0.866. The molecular weight excluding hydrogens is 379 g/mol. The molecule has 2 aromatic carbocycles. The van der Waals surface area contributed by atoms with E-state index in [1.807, 2.05) is 25.1 Å². The van der Waals surface area contributed by atoms with Crippen molar-refractivity contribution >= 4 is 22.7 Å². The van der Waals surface area contributed by atoms with Crippen LogP contribution in [0.25, 0.3) is 22.3 Å². The molecule has 8 heteroatoms. The lowest BCUT2D eigenvalue weighted by molar-refractivity contribution is 0.391. The first-order valence-electron chi connectivity index (χ1n) is 8.86. The van der Waals surface area contributed by atoms with Gasteiger partial charge in [0.1, 0.15) is 5.82 Å². The number of nitrogens with zero attached hydrogens (tertiary/aromatic N) is 4. The Hall–Kier alpha value is -3.00. The highest BCUT2D eigenvalue weighted by Gasteiger charge is 2.14. The van der Waals surface area contributed by atoms with Crippen molar-refractivity contribution in [3.05, 3.63) is 70.6 Å². The topological polar surface area (TPSA) is 73.8 Å². The van der Waals surface area contributed by atoms with E-state index in [0.717, 1.165) is 6.42 Å². The number of fused-ring (bicyclic) bond motifs is 1. The molecular formula is C20H17FN4O2S. The first-order chi connectivity index (χ1) is 13.7. The van der Waals surface area contributed by atoms with Crippen molar-refractivity contribution in [1.82, 2.24) is 19.7 Å². The number of aromatic nitrogens is 4. The van der Waals surface area contributed by atoms with E-state index in [1.165, 1.54) is 23.9 Å². The first kappa shape index (κ1) is 18.4. The fraction of sp³-hybridized carbons (Fsp3) is 0.200. The average molecular weight is 396 g/mol. The lowest BCUT2D eigenvalue weighted by atomic mass is 10.2. The third kappa shape index (κ3) is 3.68. The molecule has 0 aliphatic heterocycles. The Labute approximate surface area is 164 Å². The Balaban J connectivity index is 1.59. The summed E-state index contributed by atoms with van der Waals surface area (Å²) < 4.78 is 20.0. The molecule has 0 saturated carbocycles. The summed E-state index contributed by atoms with van der Waals surface area (Å²) in [4.78, 5) is 21.8. The zero-order chi connectivity index (χ0) is 19.5. The van der Waals surface area contributed by atoms with Crippen molar-refractivity contribution < 1.29 is 8.91 Å². The van der Waals surface area contributed by atoms with Crippen molar-refractivity contribution in [3.8, 4) is 11.4 Å². The van der Waals surface area contributed by atoms with E-state index in [2.05, 4.69) is 15.1 Å². The van der Waals surface area contributed by atoms with Crippen LogP contribution >= 0.6 is 11.8 Å². The van der Waals surface area contributed by atoms with Crippen LogP contribution in [0.5, 0.6) is 0 Å². The fourth-order valence-corrected chi connectivity index (χ4v) is 3.70. The van der Waals surface area contributed by atoms with E-state index in [4.69, 9.17) is 4.52 Å². The van der Waals surface area contributed by atoms with Gasteiger partial charge in [0.25, 0.3) is 5.56 Å². The Morgan fingerprint density at radius 3 is 2.68 bits per heavy atom. The lowest BCUT2D eigenvalue weighted by Crippen LogP contribution is -2.23. The number of rotatable bonds is 6. The third-order valence-corrected chi connectivity index (χ3v) is 5.13. The standard InChI is InChI=1S/C20H17FN4O2S/c1-2-11-25-19(26)15-5-3-4-6-16(15)22-20(25)28-12-17-23-18(24-27-17)13-7-9-14(21)10-8-13/h3-10H,2,11-12H2,1H3. The van der Waals surface area contributed by atoms with Gasteiger partial charge in [0.2, 0.25) is 11.7 Å². The van der Waals surface area contributed by atoms with Crippen LogP contribution in [0.1, 0.15) is 19.2 Å². The summed E-state index contributed by atoms with van der Waals surface area (Å²) in [6, 6.07) is 13.2. The SMILES string of the molecule is CCCn1c(SCc2nc(-c3ccc(F)cc3)no2)nc2ccccc2c1=O. The van der Waals surface area contributed by atoms with Gasteiger partial charge in [-0.25, -0.2) is 9.37 Å². The maximum absolute atomic E-state index is 13.1. The highest BCUT2D eigenvalue weighted by molar-refractivity contribution is 7.98. The maximum atomic E-state index is 13.1. The van der Waals surface area contributed by atoms with Crippen LogP contribution in [0.4, 0.5) is 4.39 Å². The third-order valence-electron chi connectivity index (χ3n) is 4.17. The van der Waals surface area contributed by atoms with E-state index in [0.29, 0.717) is 45.6 Å². The molecule has 0 spiro atoms. The summed E-state index contributed by atoms with van der Waals surface area (Å²) in [7, 11) is 0. The summed E-state index contributed by atoms with van der Waals surface area (Å²) >= 11 is 1.38. The van der Waals surface area contributed by atoms with Gasteiger partial charge in [-0.05, 0) is 42.8 Å². The Morgan fingerprint density at radius 2 is 1.89 bits per heavy atom. The molecule has 0 atom stereocenters. The molecule has 142 valence electrons. The molecule has 6 nitrogen and oxygen atoms in total. The zero-order valence-electron chi connectivity index (χ0n) is 15.1. The van der Waals surface area contributed by atoms with Crippen molar-refractivity contribution in [2.24, 2.45) is 0 Å².